The van der Waals surface area contributed by atoms with Gasteiger partial charge < -0.3 is 14.3 Å². The zero-order valence-corrected chi connectivity index (χ0v) is 12.7. The Morgan fingerprint density at radius 3 is 2.60 bits per heavy atom. The van der Waals surface area contributed by atoms with Gasteiger partial charge in [-0.25, -0.2) is 9.59 Å². The van der Waals surface area contributed by atoms with E-state index >= 15 is 0 Å². The lowest BCUT2D eigenvalue weighted by Gasteiger charge is -2.09. The number of carbonyl (C=O) groups excluding carboxylic acids is 2. The predicted molar refractivity (Wildman–Crippen MR) is 84.1 cm³/mol. The van der Waals surface area contributed by atoms with E-state index in [0.29, 0.717) is 5.56 Å². The third-order valence-electron chi connectivity index (χ3n) is 2.87. The second-order valence-electron chi connectivity index (χ2n) is 4.56. The van der Waals surface area contributed by atoms with Crippen LogP contribution in [0.4, 0.5) is 0 Å². The summed E-state index contributed by atoms with van der Waals surface area (Å²) in [6.45, 7) is -0.283. The number of esters is 2. The average Bonchev–Trinajstić information content (AvgIpc) is 2.60. The van der Waals surface area contributed by atoms with Crippen molar-refractivity contribution in [2.45, 2.75) is 6.61 Å². The standard InChI is InChI=1S/C17H11NO7/c1-2-16(19)25-15-9-4-3-8-14(15)17(20)24-13-7-5-6-12(10-13)11-23-18(21)22/h1,3-10H,11H2. The van der Waals surface area contributed by atoms with Crippen LogP contribution < -0.4 is 9.47 Å². The predicted octanol–water partition coefficient (Wildman–Crippen LogP) is 2.15. The molecule has 8 heteroatoms. The van der Waals surface area contributed by atoms with Gasteiger partial charge in [0.2, 0.25) is 0 Å². The van der Waals surface area contributed by atoms with Gasteiger partial charge >= 0.3 is 11.9 Å². The number of terminal acetylenes is 1. The minimum absolute atomic E-state index is 0.00181. The Balaban J connectivity index is 2.15. The number of hydrogen-bond donors (Lipinski definition) is 0. The van der Waals surface area contributed by atoms with Crippen LogP contribution in [0.3, 0.4) is 0 Å². The van der Waals surface area contributed by atoms with Crippen molar-refractivity contribution in [2.75, 3.05) is 0 Å². The Bertz CT molecular complexity index is 854. The monoisotopic (exact) mass is 341 g/mol. The van der Waals surface area contributed by atoms with Crippen LogP contribution in [0.25, 0.3) is 0 Å². The number of hydrogen-bond acceptors (Lipinski definition) is 7. The van der Waals surface area contributed by atoms with Crippen LogP contribution in [0.5, 0.6) is 11.5 Å². The number of nitrogens with zero attached hydrogens (tertiary/aromatic N) is 1. The molecule has 0 spiro atoms. The molecule has 0 aliphatic rings. The van der Waals surface area contributed by atoms with E-state index in [2.05, 4.69) is 4.84 Å². The van der Waals surface area contributed by atoms with E-state index in [4.69, 9.17) is 15.9 Å². The topological polar surface area (TPSA) is 105 Å². The molecule has 2 rings (SSSR count). The van der Waals surface area contributed by atoms with Crippen LogP contribution in [-0.2, 0) is 16.2 Å². The molecule has 0 unspecified atom stereocenters. The summed E-state index contributed by atoms with van der Waals surface area (Å²) in [7, 11) is 0. The highest BCUT2D eigenvalue weighted by Gasteiger charge is 2.16. The molecule has 0 radical (unpaired) electrons. The molecule has 8 nitrogen and oxygen atoms in total. The molecule has 25 heavy (non-hydrogen) atoms. The van der Waals surface area contributed by atoms with Crippen molar-refractivity contribution < 1.29 is 29.0 Å². The zero-order valence-electron chi connectivity index (χ0n) is 12.7. The van der Waals surface area contributed by atoms with Crippen molar-refractivity contribution >= 4 is 11.9 Å². The van der Waals surface area contributed by atoms with E-state index in [1.165, 1.54) is 24.3 Å². The van der Waals surface area contributed by atoms with Crippen LogP contribution in [-0.4, -0.2) is 17.0 Å². The van der Waals surface area contributed by atoms with Gasteiger partial charge in [0, 0.05) is 5.92 Å². The van der Waals surface area contributed by atoms with Crippen LogP contribution in [0.15, 0.2) is 48.5 Å². The SMILES string of the molecule is C#CC(=O)Oc1ccccc1C(=O)Oc1cccc(CO[N+](=O)[O-])c1. The summed E-state index contributed by atoms with van der Waals surface area (Å²) in [5, 5.41) is 9.29. The minimum atomic E-state index is -0.945. The summed E-state index contributed by atoms with van der Waals surface area (Å²) < 4.78 is 10.1. The Hall–Kier alpha value is -3.86. The number of carbonyl (C=O) groups is 2. The fourth-order valence-electron chi connectivity index (χ4n) is 1.84. The van der Waals surface area contributed by atoms with E-state index in [-0.39, 0.29) is 23.7 Å². The summed E-state index contributed by atoms with van der Waals surface area (Å²) in [4.78, 5) is 38.0. The van der Waals surface area contributed by atoms with E-state index < -0.39 is 17.0 Å². The molecule has 0 amide bonds. The Kier molecular flexibility index (Phi) is 5.68. The molecule has 2 aromatic carbocycles. The first-order chi connectivity index (χ1) is 12.0. The number of para-hydroxylation sites is 1. The number of rotatable bonds is 6. The molecule has 0 bridgehead atoms. The molecule has 0 saturated carbocycles. The highest BCUT2D eigenvalue weighted by molar-refractivity contribution is 5.96. The van der Waals surface area contributed by atoms with Gasteiger partial charge in [0.1, 0.15) is 23.7 Å². The third kappa shape index (κ3) is 5.07. The number of benzene rings is 2. The molecule has 0 atom stereocenters. The molecule has 0 aromatic heterocycles. The summed E-state index contributed by atoms with van der Waals surface area (Å²) in [5.74, 6) is 0.155. The van der Waals surface area contributed by atoms with E-state index in [9.17, 15) is 19.7 Å². The Morgan fingerprint density at radius 1 is 1.12 bits per heavy atom. The second-order valence-corrected chi connectivity index (χ2v) is 4.56. The first-order valence-electron chi connectivity index (χ1n) is 6.85. The lowest BCUT2D eigenvalue weighted by atomic mass is 10.2. The summed E-state index contributed by atoms with van der Waals surface area (Å²) in [5.41, 5.74) is 0.437. The summed E-state index contributed by atoms with van der Waals surface area (Å²) >= 11 is 0. The Morgan fingerprint density at radius 2 is 1.88 bits per heavy atom. The van der Waals surface area contributed by atoms with Crippen molar-refractivity contribution in [2.24, 2.45) is 0 Å². The second kappa shape index (κ2) is 8.12. The third-order valence-corrected chi connectivity index (χ3v) is 2.87. The Labute approximate surface area is 142 Å². The first kappa shape index (κ1) is 17.5. The van der Waals surface area contributed by atoms with Gasteiger partial charge in [-0.15, -0.1) is 16.5 Å². The fourth-order valence-corrected chi connectivity index (χ4v) is 1.84. The van der Waals surface area contributed by atoms with Crippen LogP contribution in [0, 0.1) is 22.5 Å². The molecule has 0 fully saturated rings. The van der Waals surface area contributed by atoms with Crippen molar-refractivity contribution in [1.29, 1.82) is 0 Å². The van der Waals surface area contributed by atoms with Gasteiger partial charge in [-0.3, -0.25) is 0 Å². The van der Waals surface area contributed by atoms with E-state index in [0.717, 1.165) is 0 Å². The molecule has 0 N–H and O–H groups in total. The normalized spacial score (nSPS) is 9.56. The van der Waals surface area contributed by atoms with Crippen molar-refractivity contribution in [1.82, 2.24) is 0 Å². The van der Waals surface area contributed by atoms with Gasteiger partial charge in [-0.2, -0.15) is 0 Å². The van der Waals surface area contributed by atoms with Gasteiger partial charge in [0.15, 0.2) is 0 Å². The molecule has 0 aliphatic carbocycles. The van der Waals surface area contributed by atoms with Gasteiger partial charge in [-0.1, -0.05) is 24.3 Å². The molecule has 0 saturated heterocycles. The van der Waals surface area contributed by atoms with Crippen molar-refractivity contribution in [3.05, 3.63) is 69.8 Å². The van der Waals surface area contributed by atoms with Gasteiger partial charge in [0.25, 0.3) is 5.09 Å². The maximum absolute atomic E-state index is 12.3. The maximum atomic E-state index is 12.3. The van der Waals surface area contributed by atoms with Crippen LogP contribution in [0.1, 0.15) is 15.9 Å². The van der Waals surface area contributed by atoms with E-state index in [1.807, 2.05) is 0 Å². The van der Waals surface area contributed by atoms with E-state index in [1.54, 1.807) is 30.2 Å². The summed E-state index contributed by atoms with van der Waals surface area (Å²) in [6, 6.07) is 11.9. The number of ether oxygens (including phenoxy) is 2. The lowest BCUT2D eigenvalue weighted by Crippen LogP contribution is -2.13. The van der Waals surface area contributed by atoms with Crippen molar-refractivity contribution in [3.8, 4) is 23.8 Å². The smallest absolute Gasteiger partial charge is 0.389 e. The fraction of sp³-hybridized carbons (Fsp3) is 0.0588. The minimum Gasteiger partial charge on any atom is -0.423 e. The molecular weight excluding hydrogens is 330 g/mol. The molecule has 0 aliphatic heterocycles. The highest BCUT2D eigenvalue weighted by Crippen LogP contribution is 2.22. The average molecular weight is 341 g/mol. The molecular formula is C17H11NO7. The first-order valence-corrected chi connectivity index (χ1v) is 6.85. The van der Waals surface area contributed by atoms with Crippen LogP contribution >= 0.6 is 0 Å². The molecule has 2 aromatic rings. The van der Waals surface area contributed by atoms with Gasteiger partial charge in [-0.05, 0) is 29.8 Å². The van der Waals surface area contributed by atoms with Crippen molar-refractivity contribution in [3.63, 3.8) is 0 Å². The zero-order chi connectivity index (χ0) is 18.2. The largest absolute Gasteiger partial charge is 0.423 e. The lowest BCUT2D eigenvalue weighted by molar-refractivity contribution is -0.763. The van der Waals surface area contributed by atoms with Gasteiger partial charge in [0.05, 0.1) is 0 Å². The summed E-state index contributed by atoms with van der Waals surface area (Å²) in [6.07, 6.45) is 4.94. The highest BCUT2D eigenvalue weighted by atomic mass is 16.9. The molecule has 0 heterocycles. The van der Waals surface area contributed by atoms with Crippen LogP contribution in [0.2, 0.25) is 0 Å². The maximum Gasteiger partial charge on any atom is 0.389 e. The molecule has 126 valence electrons. The quantitative estimate of drug-likeness (QED) is 0.198.